The molecule has 2 aromatic carbocycles. The molecule has 29 heavy (non-hydrogen) atoms. The molecule has 0 amide bonds. The van der Waals surface area contributed by atoms with Gasteiger partial charge in [-0.25, -0.2) is 0 Å². The first kappa shape index (κ1) is 22.9. The summed E-state index contributed by atoms with van der Waals surface area (Å²) in [6, 6.07) is 6.00. The van der Waals surface area contributed by atoms with E-state index in [0.717, 1.165) is 6.07 Å². The highest BCUT2D eigenvalue weighted by atomic mass is 35.5. The van der Waals surface area contributed by atoms with Crippen LogP contribution < -0.4 is 5.73 Å². The minimum Gasteiger partial charge on any atom is -0.398 e. The highest BCUT2D eigenvalue weighted by Crippen LogP contribution is 2.37. The van der Waals surface area contributed by atoms with Crippen molar-refractivity contribution in [3.05, 3.63) is 63.7 Å². The molecule has 0 saturated carbocycles. The van der Waals surface area contributed by atoms with Crippen LogP contribution in [0.25, 0.3) is 0 Å². The van der Waals surface area contributed by atoms with Crippen molar-refractivity contribution in [3.63, 3.8) is 0 Å². The average Bonchev–Trinajstić information content (AvgIpc) is 2.59. The lowest BCUT2D eigenvalue weighted by Crippen LogP contribution is -2.15. The second-order valence-corrected chi connectivity index (χ2v) is 6.94. The van der Waals surface area contributed by atoms with Crippen LogP contribution in [0.15, 0.2) is 41.6 Å². The number of nitrogen functional groups attached to an aromatic ring is 1. The fraction of sp³-hybridized carbons (Fsp3) is 0.316. The van der Waals surface area contributed by atoms with E-state index in [1.54, 1.807) is 32.0 Å². The highest BCUT2D eigenvalue weighted by molar-refractivity contribution is 6.31. The number of halogens is 7. The zero-order chi connectivity index (χ0) is 22.0. The molecule has 0 aliphatic heterocycles. The number of benzene rings is 2. The lowest BCUT2D eigenvalue weighted by atomic mass is 9.99. The number of anilines is 1. The van der Waals surface area contributed by atoms with E-state index in [1.165, 1.54) is 0 Å². The van der Waals surface area contributed by atoms with Gasteiger partial charge in [0.15, 0.2) is 0 Å². The van der Waals surface area contributed by atoms with E-state index in [1.807, 2.05) is 0 Å². The van der Waals surface area contributed by atoms with E-state index < -0.39 is 35.6 Å². The lowest BCUT2D eigenvalue weighted by molar-refractivity contribution is -0.143. The summed E-state index contributed by atoms with van der Waals surface area (Å²) in [5.41, 5.74) is 3.73. The van der Waals surface area contributed by atoms with Crippen LogP contribution in [0, 0.1) is 5.92 Å². The maximum Gasteiger partial charge on any atom is 0.416 e. The van der Waals surface area contributed by atoms with E-state index in [4.69, 9.17) is 22.2 Å². The third-order valence-corrected chi connectivity index (χ3v) is 4.20. The Labute approximate surface area is 168 Å². The molecule has 0 fully saturated rings. The molecule has 2 N–H and O–H groups in total. The van der Waals surface area contributed by atoms with Crippen LogP contribution >= 0.6 is 11.6 Å². The summed E-state index contributed by atoms with van der Waals surface area (Å²) in [5.74, 6) is -0.217. The summed E-state index contributed by atoms with van der Waals surface area (Å²) >= 11 is 5.95. The van der Waals surface area contributed by atoms with Crippen LogP contribution in [-0.2, 0) is 23.8 Å². The summed E-state index contributed by atoms with van der Waals surface area (Å²) in [4.78, 5) is 5.06. The molecule has 0 aliphatic carbocycles. The van der Waals surface area contributed by atoms with Crippen LogP contribution in [0.2, 0.25) is 5.02 Å². The van der Waals surface area contributed by atoms with Crippen LogP contribution in [0.4, 0.5) is 32.0 Å². The number of oxime groups is 1. The summed E-state index contributed by atoms with van der Waals surface area (Å²) in [5, 5.41) is 4.25. The molecule has 158 valence electrons. The Morgan fingerprint density at radius 3 is 2.24 bits per heavy atom. The molecule has 0 unspecified atom stereocenters. The lowest BCUT2D eigenvalue weighted by Gasteiger charge is -2.16. The molecule has 0 spiro atoms. The fourth-order valence-corrected chi connectivity index (χ4v) is 2.70. The van der Waals surface area contributed by atoms with Gasteiger partial charge < -0.3 is 10.6 Å². The largest absolute Gasteiger partial charge is 0.416 e. The van der Waals surface area contributed by atoms with Crippen molar-refractivity contribution >= 4 is 23.0 Å². The second kappa shape index (κ2) is 8.52. The molecular formula is C19H17ClF6N2O. The van der Waals surface area contributed by atoms with E-state index >= 15 is 0 Å². The predicted octanol–water partition coefficient (Wildman–Crippen LogP) is 6.54. The minimum atomic E-state index is -4.98. The quantitative estimate of drug-likeness (QED) is 0.249. The number of alkyl halides is 6. The smallest absolute Gasteiger partial charge is 0.398 e. The Hall–Kier alpha value is -2.42. The zero-order valence-electron chi connectivity index (χ0n) is 15.3. The Morgan fingerprint density at radius 1 is 1.03 bits per heavy atom. The molecule has 0 atom stereocenters. The Kier molecular flexibility index (Phi) is 6.72. The molecule has 2 aromatic rings. The summed E-state index contributed by atoms with van der Waals surface area (Å²) in [6.45, 7) is 2.85. The number of hydrogen-bond acceptors (Lipinski definition) is 3. The van der Waals surface area contributed by atoms with Gasteiger partial charge in [-0.3, -0.25) is 0 Å². The second-order valence-electron chi connectivity index (χ2n) is 6.50. The summed E-state index contributed by atoms with van der Waals surface area (Å²) in [6.07, 6.45) is -9.88. The Bertz CT molecular complexity index is 907. The van der Waals surface area contributed by atoms with Gasteiger partial charge in [0, 0.05) is 21.8 Å². The zero-order valence-corrected chi connectivity index (χ0v) is 16.1. The first-order valence-corrected chi connectivity index (χ1v) is 8.71. The van der Waals surface area contributed by atoms with Crippen molar-refractivity contribution in [2.45, 2.75) is 32.8 Å². The highest BCUT2D eigenvalue weighted by Gasteiger charge is 2.38. The molecule has 10 heteroatoms. The predicted molar refractivity (Wildman–Crippen MR) is 98.5 cm³/mol. The molecular weight excluding hydrogens is 422 g/mol. The van der Waals surface area contributed by atoms with Gasteiger partial charge in [0.25, 0.3) is 0 Å². The standard InChI is InChI=1S/C19H17ClF6N2O/c1-10(2)17(14-8-13(20)5-6-16(14)27)28-29-9-11-3-4-12(18(21,22)23)7-15(11)19(24,25)26/h3-8,10H,9,27H2,1-2H3/b28-17+. The SMILES string of the molecule is CC(C)/C(=N\OCc1ccc(C(F)(F)F)cc1C(F)(F)F)c1cc(Cl)ccc1N. The number of rotatable bonds is 5. The van der Waals surface area contributed by atoms with Crippen molar-refractivity contribution < 1.29 is 31.2 Å². The maximum atomic E-state index is 13.2. The maximum absolute atomic E-state index is 13.2. The van der Waals surface area contributed by atoms with Gasteiger partial charge in [-0.05, 0) is 36.2 Å². The first-order chi connectivity index (χ1) is 13.3. The first-order valence-electron chi connectivity index (χ1n) is 8.33. The molecule has 0 bridgehead atoms. The van der Waals surface area contributed by atoms with E-state index in [2.05, 4.69) is 5.16 Å². The molecule has 2 rings (SSSR count). The van der Waals surface area contributed by atoms with Crippen LogP contribution in [0.5, 0.6) is 0 Å². The monoisotopic (exact) mass is 438 g/mol. The van der Waals surface area contributed by atoms with Gasteiger partial charge in [-0.15, -0.1) is 0 Å². The Morgan fingerprint density at radius 2 is 1.69 bits per heavy atom. The minimum absolute atomic E-state index is 0.0563. The van der Waals surface area contributed by atoms with E-state index in [-0.39, 0.29) is 12.0 Å². The van der Waals surface area contributed by atoms with E-state index in [9.17, 15) is 26.3 Å². The topological polar surface area (TPSA) is 47.6 Å². The molecule has 0 aromatic heterocycles. The molecule has 0 aliphatic rings. The molecule has 0 saturated heterocycles. The normalized spacial score (nSPS) is 13.1. The van der Waals surface area contributed by atoms with E-state index in [0.29, 0.717) is 28.1 Å². The van der Waals surface area contributed by atoms with Gasteiger partial charge in [-0.1, -0.05) is 36.7 Å². The average molecular weight is 439 g/mol. The molecule has 3 nitrogen and oxygen atoms in total. The van der Waals surface area contributed by atoms with Gasteiger partial charge >= 0.3 is 12.4 Å². The van der Waals surface area contributed by atoms with Crippen molar-refractivity contribution in [2.75, 3.05) is 5.73 Å². The third-order valence-electron chi connectivity index (χ3n) is 3.96. The van der Waals surface area contributed by atoms with Crippen molar-refractivity contribution in [1.82, 2.24) is 0 Å². The van der Waals surface area contributed by atoms with Crippen LogP contribution in [0.3, 0.4) is 0 Å². The van der Waals surface area contributed by atoms with Gasteiger partial charge in [0.2, 0.25) is 0 Å². The van der Waals surface area contributed by atoms with Gasteiger partial charge in [0.1, 0.15) is 6.61 Å². The van der Waals surface area contributed by atoms with Crippen LogP contribution in [-0.4, -0.2) is 5.71 Å². The van der Waals surface area contributed by atoms with Crippen molar-refractivity contribution in [2.24, 2.45) is 11.1 Å². The summed E-state index contributed by atoms with van der Waals surface area (Å²) < 4.78 is 77.9. The Balaban J connectivity index is 2.35. The van der Waals surface area contributed by atoms with Crippen LogP contribution in [0.1, 0.15) is 36.1 Å². The molecule has 0 heterocycles. The fourth-order valence-electron chi connectivity index (χ4n) is 2.53. The number of nitrogens with two attached hydrogens (primary N) is 1. The number of hydrogen-bond donors (Lipinski definition) is 1. The van der Waals surface area contributed by atoms with Gasteiger partial charge in [0.05, 0.1) is 16.8 Å². The van der Waals surface area contributed by atoms with Crippen molar-refractivity contribution in [1.29, 1.82) is 0 Å². The van der Waals surface area contributed by atoms with Gasteiger partial charge in [-0.2, -0.15) is 26.3 Å². The number of nitrogens with zero attached hydrogens (tertiary/aromatic N) is 1. The van der Waals surface area contributed by atoms with Crippen molar-refractivity contribution in [3.8, 4) is 0 Å². The summed E-state index contributed by atoms with van der Waals surface area (Å²) in [7, 11) is 0. The molecule has 0 radical (unpaired) electrons. The third kappa shape index (κ3) is 5.79.